The fourth-order valence-corrected chi connectivity index (χ4v) is 3.31. The lowest BCUT2D eigenvalue weighted by molar-refractivity contribution is 0.252. The van der Waals surface area contributed by atoms with Crippen LogP contribution in [0.2, 0.25) is 0 Å². The van der Waals surface area contributed by atoms with Crippen LogP contribution in [0.5, 0.6) is 0 Å². The van der Waals surface area contributed by atoms with Gasteiger partial charge >= 0.3 is 0 Å². The van der Waals surface area contributed by atoms with E-state index in [1.165, 1.54) is 16.7 Å². The van der Waals surface area contributed by atoms with Crippen molar-refractivity contribution in [2.24, 2.45) is 5.73 Å². The molecular formula is C18H23BrN2. The summed E-state index contributed by atoms with van der Waals surface area (Å²) in [6, 6.07) is 17.3. The van der Waals surface area contributed by atoms with E-state index in [1.807, 2.05) is 0 Å². The van der Waals surface area contributed by atoms with Gasteiger partial charge in [-0.1, -0.05) is 58.4 Å². The zero-order valence-electron chi connectivity index (χ0n) is 12.7. The summed E-state index contributed by atoms with van der Waals surface area (Å²) in [6.07, 6.45) is 1.04. The van der Waals surface area contributed by atoms with Gasteiger partial charge in [-0.2, -0.15) is 0 Å². The Labute approximate surface area is 136 Å². The molecule has 112 valence electrons. The predicted molar refractivity (Wildman–Crippen MR) is 93.5 cm³/mol. The van der Waals surface area contributed by atoms with E-state index < -0.39 is 0 Å². The Morgan fingerprint density at radius 3 is 2.48 bits per heavy atom. The van der Waals surface area contributed by atoms with E-state index in [2.05, 4.69) is 83.3 Å². The molecule has 0 saturated heterocycles. The predicted octanol–water partition coefficient (Wildman–Crippen LogP) is 3.93. The third-order valence-electron chi connectivity index (χ3n) is 3.87. The van der Waals surface area contributed by atoms with Gasteiger partial charge in [-0.3, -0.25) is 4.90 Å². The van der Waals surface area contributed by atoms with Gasteiger partial charge in [0.1, 0.15) is 0 Å². The Hall–Kier alpha value is -1.16. The lowest BCUT2D eigenvalue weighted by Crippen LogP contribution is -2.32. The first kappa shape index (κ1) is 16.2. The van der Waals surface area contributed by atoms with Gasteiger partial charge in [0, 0.05) is 23.6 Å². The standard InChI is InChI=1S/C18H23BrN2/c1-14-8-9-16(17(19)12-14)18(13-20)21(2)11-10-15-6-4-3-5-7-15/h3-9,12,18H,10-11,13,20H2,1-2H3. The van der Waals surface area contributed by atoms with E-state index in [1.54, 1.807) is 0 Å². The Kier molecular flexibility index (Phi) is 5.97. The molecule has 0 heterocycles. The molecule has 1 unspecified atom stereocenters. The average Bonchev–Trinajstić information content (AvgIpc) is 2.49. The van der Waals surface area contributed by atoms with Crippen LogP contribution in [0.3, 0.4) is 0 Å². The zero-order chi connectivity index (χ0) is 15.2. The molecule has 21 heavy (non-hydrogen) atoms. The monoisotopic (exact) mass is 346 g/mol. The molecule has 0 amide bonds. The maximum atomic E-state index is 6.02. The van der Waals surface area contributed by atoms with Gasteiger partial charge in [-0.25, -0.2) is 0 Å². The van der Waals surface area contributed by atoms with Crippen LogP contribution in [0, 0.1) is 6.92 Å². The van der Waals surface area contributed by atoms with Crippen LogP contribution in [-0.2, 0) is 6.42 Å². The van der Waals surface area contributed by atoms with Crippen LogP contribution in [0.15, 0.2) is 53.0 Å². The summed E-state index contributed by atoms with van der Waals surface area (Å²) < 4.78 is 1.14. The van der Waals surface area contributed by atoms with Gasteiger partial charge < -0.3 is 5.73 Å². The van der Waals surface area contributed by atoms with E-state index in [0.29, 0.717) is 6.54 Å². The zero-order valence-corrected chi connectivity index (χ0v) is 14.3. The molecule has 0 aliphatic rings. The second kappa shape index (κ2) is 7.74. The molecule has 2 aromatic carbocycles. The van der Waals surface area contributed by atoms with Crippen molar-refractivity contribution < 1.29 is 0 Å². The summed E-state index contributed by atoms with van der Waals surface area (Å²) in [5.41, 5.74) is 9.90. The molecule has 0 aliphatic heterocycles. The van der Waals surface area contributed by atoms with Crippen LogP contribution in [0.4, 0.5) is 0 Å². The normalized spacial score (nSPS) is 12.6. The van der Waals surface area contributed by atoms with Crippen molar-refractivity contribution in [3.8, 4) is 0 Å². The molecule has 2 rings (SSSR count). The Morgan fingerprint density at radius 2 is 1.86 bits per heavy atom. The molecule has 0 bridgehead atoms. The van der Waals surface area contributed by atoms with E-state index >= 15 is 0 Å². The van der Waals surface area contributed by atoms with Crippen molar-refractivity contribution in [2.75, 3.05) is 20.1 Å². The number of likely N-dealkylation sites (N-methyl/N-ethyl adjacent to an activating group) is 1. The minimum atomic E-state index is 0.240. The Bertz CT molecular complexity index is 569. The number of nitrogens with zero attached hydrogens (tertiary/aromatic N) is 1. The highest BCUT2D eigenvalue weighted by atomic mass is 79.9. The quantitative estimate of drug-likeness (QED) is 0.858. The van der Waals surface area contributed by atoms with Crippen LogP contribution in [0.1, 0.15) is 22.7 Å². The number of halogens is 1. The highest BCUT2D eigenvalue weighted by molar-refractivity contribution is 9.10. The maximum Gasteiger partial charge on any atom is 0.0478 e. The highest BCUT2D eigenvalue weighted by Crippen LogP contribution is 2.27. The van der Waals surface area contributed by atoms with E-state index in [9.17, 15) is 0 Å². The summed E-state index contributed by atoms with van der Waals surface area (Å²) >= 11 is 3.67. The van der Waals surface area contributed by atoms with Crippen molar-refractivity contribution >= 4 is 15.9 Å². The second-order valence-corrected chi connectivity index (χ2v) is 6.35. The van der Waals surface area contributed by atoms with Crippen molar-refractivity contribution in [3.63, 3.8) is 0 Å². The lowest BCUT2D eigenvalue weighted by atomic mass is 10.0. The van der Waals surface area contributed by atoms with Crippen molar-refractivity contribution in [3.05, 3.63) is 69.7 Å². The van der Waals surface area contributed by atoms with Crippen LogP contribution >= 0.6 is 15.9 Å². The largest absolute Gasteiger partial charge is 0.329 e. The van der Waals surface area contributed by atoms with E-state index in [-0.39, 0.29) is 6.04 Å². The Morgan fingerprint density at radius 1 is 1.14 bits per heavy atom. The third-order valence-corrected chi connectivity index (χ3v) is 4.55. The first-order chi connectivity index (χ1) is 10.1. The summed E-state index contributed by atoms with van der Waals surface area (Å²) in [7, 11) is 2.15. The SMILES string of the molecule is Cc1ccc(C(CN)N(C)CCc2ccccc2)c(Br)c1. The first-order valence-corrected chi connectivity index (χ1v) is 8.11. The number of rotatable bonds is 6. The van der Waals surface area contributed by atoms with Crippen molar-refractivity contribution in [1.29, 1.82) is 0 Å². The van der Waals surface area contributed by atoms with Gasteiger partial charge in [0.05, 0.1) is 0 Å². The first-order valence-electron chi connectivity index (χ1n) is 7.32. The molecule has 0 spiro atoms. The number of hydrogen-bond acceptors (Lipinski definition) is 2. The number of benzene rings is 2. The molecule has 3 heteroatoms. The fraction of sp³-hybridized carbons (Fsp3) is 0.333. The summed E-state index contributed by atoms with van der Waals surface area (Å²) in [4.78, 5) is 2.34. The molecule has 2 nitrogen and oxygen atoms in total. The summed E-state index contributed by atoms with van der Waals surface area (Å²) in [5.74, 6) is 0. The molecule has 2 aromatic rings. The molecule has 1 atom stereocenters. The van der Waals surface area contributed by atoms with Gasteiger partial charge in [-0.15, -0.1) is 0 Å². The number of hydrogen-bond donors (Lipinski definition) is 1. The molecule has 2 N–H and O–H groups in total. The van der Waals surface area contributed by atoms with Crippen LogP contribution < -0.4 is 5.73 Å². The van der Waals surface area contributed by atoms with Gasteiger partial charge in [0.2, 0.25) is 0 Å². The smallest absolute Gasteiger partial charge is 0.0478 e. The fourth-order valence-electron chi connectivity index (χ4n) is 2.55. The molecule has 0 aromatic heterocycles. The molecular weight excluding hydrogens is 324 g/mol. The minimum Gasteiger partial charge on any atom is -0.329 e. The molecule has 0 fully saturated rings. The maximum absolute atomic E-state index is 6.02. The van der Waals surface area contributed by atoms with Gasteiger partial charge in [0.25, 0.3) is 0 Å². The van der Waals surface area contributed by atoms with E-state index in [4.69, 9.17) is 5.73 Å². The van der Waals surface area contributed by atoms with Gasteiger partial charge in [-0.05, 0) is 43.1 Å². The summed E-state index contributed by atoms with van der Waals surface area (Å²) in [5, 5.41) is 0. The lowest BCUT2D eigenvalue weighted by Gasteiger charge is -2.28. The van der Waals surface area contributed by atoms with Crippen LogP contribution in [-0.4, -0.2) is 25.0 Å². The molecule has 0 aliphatic carbocycles. The summed E-state index contributed by atoms with van der Waals surface area (Å²) in [6.45, 7) is 3.71. The third kappa shape index (κ3) is 4.40. The minimum absolute atomic E-state index is 0.240. The van der Waals surface area contributed by atoms with Crippen molar-refractivity contribution in [1.82, 2.24) is 4.90 Å². The second-order valence-electron chi connectivity index (χ2n) is 5.49. The molecule has 0 radical (unpaired) electrons. The Balaban J connectivity index is 2.06. The highest BCUT2D eigenvalue weighted by Gasteiger charge is 2.17. The number of nitrogens with two attached hydrogens (primary N) is 1. The molecule has 0 saturated carbocycles. The van der Waals surface area contributed by atoms with Crippen molar-refractivity contribution in [2.45, 2.75) is 19.4 Å². The van der Waals surface area contributed by atoms with Crippen LogP contribution in [0.25, 0.3) is 0 Å². The average molecular weight is 347 g/mol. The van der Waals surface area contributed by atoms with Gasteiger partial charge in [0.15, 0.2) is 0 Å². The number of aryl methyl sites for hydroxylation is 1. The van der Waals surface area contributed by atoms with E-state index in [0.717, 1.165) is 17.4 Å². The topological polar surface area (TPSA) is 29.3 Å².